The first-order valence-electron chi connectivity index (χ1n) is 7.84. The van der Waals surface area contributed by atoms with E-state index in [9.17, 15) is 14.4 Å². The number of carbonyl (C=O) groups is 3. The summed E-state index contributed by atoms with van der Waals surface area (Å²) >= 11 is 6.12. The lowest BCUT2D eigenvalue weighted by Gasteiger charge is -2.17. The second kappa shape index (κ2) is 6.68. The normalized spacial score (nSPS) is 23.2. The molecule has 3 rings (SSSR count). The highest BCUT2D eigenvalue weighted by Crippen LogP contribution is 2.28. The van der Waals surface area contributed by atoms with Crippen LogP contribution in [0, 0.1) is 5.92 Å². The summed E-state index contributed by atoms with van der Waals surface area (Å²) in [5.41, 5.74) is 0.891. The van der Waals surface area contributed by atoms with Crippen molar-refractivity contribution in [1.82, 2.24) is 10.6 Å². The zero-order valence-corrected chi connectivity index (χ0v) is 13.7. The van der Waals surface area contributed by atoms with Crippen LogP contribution in [0.4, 0.5) is 10.5 Å². The van der Waals surface area contributed by atoms with E-state index >= 15 is 0 Å². The first-order valence-corrected chi connectivity index (χ1v) is 8.22. The van der Waals surface area contributed by atoms with E-state index in [-0.39, 0.29) is 23.5 Å². The van der Waals surface area contributed by atoms with Crippen molar-refractivity contribution in [2.24, 2.45) is 5.92 Å². The van der Waals surface area contributed by atoms with Gasteiger partial charge in [0.15, 0.2) is 0 Å². The first-order chi connectivity index (χ1) is 11.5. The molecule has 1 saturated heterocycles. The quantitative estimate of drug-likeness (QED) is 0.771. The van der Waals surface area contributed by atoms with Crippen molar-refractivity contribution in [2.45, 2.75) is 25.3 Å². The molecule has 1 aliphatic heterocycles. The summed E-state index contributed by atoms with van der Waals surface area (Å²) < 4.78 is 0. The Bertz CT molecular complexity index is 694. The number of rotatable bonds is 4. The number of nitrogens with one attached hydrogen (secondary N) is 2. The van der Waals surface area contributed by atoms with Crippen LogP contribution in [0.2, 0.25) is 5.02 Å². The minimum atomic E-state index is -0.827. The lowest BCUT2D eigenvalue weighted by atomic mass is 10.1. The van der Waals surface area contributed by atoms with Crippen LogP contribution in [0.1, 0.15) is 29.6 Å². The SMILES string of the molecule is O=C(N[C@H]1CC[C@@H](C(=O)O)C1)c1cc(N2CCNC2=O)ccc1Cl. The summed E-state index contributed by atoms with van der Waals surface area (Å²) in [7, 11) is 0. The molecule has 0 aromatic heterocycles. The molecule has 1 aromatic carbocycles. The predicted octanol–water partition coefficient (Wildman–Crippen LogP) is 1.85. The molecule has 1 aromatic rings. The Labute approximate surface area is 144 Å². The Morgan fingerprint density at radius 3 is 2.75 bits per heavy atom. The van der Waals surface area contributed by atoms with E-state index in [0.717, 1.165) is 0 Å². The number of halogens is 1. The average molecular weight is 352 g/mol. The third kappa shape index (κ3) is 3.31. The van der Waals surface area contributed by atoms with Crippen molar-refractivity contribution < 1.29 is 19.5 Å². The van der Waals surface area contributed by atoms with Gasteiger partial charge in [0, 0.05) is 24.8 Å². The third-order valence-corrected chi connectivity index (χ3v) is 4.81. The Morgan fingerprint density at radius 2 is 2.12 bits per heavy atom. The van der Waals surface area contributed by atoms with Crippen molar-refractivity contribution >= 4 is 35.2 Å². The molecule has 1 heterocycles. The number of carboxylic acids is 1. The number of hydrogen-bond acceptors (Lipinski definition) is 3. The van der Waals surface area contributed by atoms with E-state index in [1.807, 2.05) is 0 Å². The molecule has 0 bridgehead atoms. The third-order valence-electron chi connectivity index (χ3n) is 4.48. The molecule has 0 radical (unpaired) electrons. The zero-order chi connectivity index (χ0) is 17.3. The van der Waals surface area contributed by atoms with Crippen molar-refractivity contribution in [3.05, 3.63) is 28.8 Å². The molecule has 2 fully saturated rings. The maximum atomic E-state index is 12.5. The van der Waals surface area contributed by atoms with Crippen molar-refractivity contribution in [3.63, 3.8) is 0 Å². The molecule has 24 heavy (non-hydrogen) atoms. The van der Waals surface area contributed by atoms with Crippen LogP contribution in [-0.4, -0.2) is 42.1 Å². The van der Waals surface area contributed by atoms with Crippen LogP contribution < -0.4 is 15.5 Å². The summed E-state index contributed by atoms with van der Waals surface area (Å²) in [6.45, 7) is 1.09. The molecule has 3 N–H and O–H groups in total. The fraction of sp³-hybridized carbons (Fsp3) is 0.438. The number of aliphatic carboxylic acids is 1. The van der Waals surface area contributed by atoms with Gasteiger partial charge in [-0.1, -0.05) is 11.6 Å². The smallest absolute Gasteiger partial charge is 0.321 e. The van der Waals surface area contributed by atoms with E-state index in [2.05, 4.69) is 10.6 Å². The van der Waals surface area contributed by atoms with Gasteiger partial charge in [0.2, 0.25) is 0 Å². The van der Waals surface area contributed by atoms with Crippen LogP contribution in [0.15, 0.2) is 18.2 Å². The first kappa shape index (κ1) is 16.6. The summed E-state index contributed by atoms with van der Waals surface area (Å²) in [5, 5.41) is 14.9. The molecule has 3 amide bonds. The molecule has 2 atom stereocenters. The molecule has 8 heteroatoms. The molecule has 1 saturated carbocycles. The van der Waals surface area contributed by atoms with Gasteiger partial charge in [-0.3, -0.25) is 14.5 Å². The monoisotopic (exact) mass is 351 g/mol. The second-order valence-electron chi connectivity index (χ2n) is 6.07. The average Bonchev–Trinajstić information content (AvgIpc) is 3.17. The molecule has 0 unspecified atom stereocenters. The summed E-state index contributed by atoms with van der Waals surface area (Å²) in [6, 6.07) is 4.50. The number of hydrogen-bond donors (Lipinski definition) is 3. The number of urea groups is 1. The minimum absolute atomic E-state index is 0.173. The van der Waals surface area contributed by atoms with E-state index < -0.39 is 11.9 Å². The molecular formula is C16H18ClN3O4. The highest BCUT2D eigenvalue weighted by Gasteiger charge is 2.31. The van der Waals surface area contributed by atoms with Crippen LogP contribution in [-0.2, 0) is 4.79 Å². The molecule has 128 valence electrons. The van der Waals surface area contributed by atoms with Gasteiger partial charge in [-0.15, -0.1) is 0 Å². The van der Waals surface area contributed by atoms with Gasteiger partial charge in [-0.2, -0.15) is 0 Å². The summed E-state index contributed by atoms with van der Waals surface area (Å²) in [4.78, 5) is 36.8. The number of benzene rings is 1. The van der Waals surface area contributed by atoms with Gasteiger partial charge >= 0.3 is 12.0 Å². The maximum Gasteiger partial charge on any atom is 0.321 e. The number of anilines is 1. The van der Waals surface area contributed by atoms with Gasteiger partial charge in [-0.05, 0) is 37.5 Å². The van der Waals surface area contributed by atoms with Gasteiger partial charge < -0.3 is 15.7 Å². The molecule has 0 spiro atoms. The fourth-order valence-corrected chi connectivity index (χ4v) is 3.38. The number of carboxylic acid groups (broad SMARTS) is 1. The predicted molar refractivity (Wildman–Crippen MR) is 88.4 cm³/mol. The molecule has 7 nitrogen and oxygen atoms in total. The van der Waals surface area contributed by atoms with E-state index in [1.165, 1.54) is 0 Å². The van der Waals surface area contributed by atoms with E-state index in [4.69, 9.17) is 16.7 Å². The number of amides is 3. The molecular weight excluding hydrogens is 334 g/mol. The minimum Gasteiger partial charge on any atom is -0.481 e. The lowest BCUT2D eigenvalue weighted by Crippen LogP contribution is -2.34. The Balaban J connectivity index is 1.72. The van der Waals surface area contributed by atoms with Gasteiger partial charge in [0.25, 0.3) is 5.91 Å². The topological polar surface area (TPSA) is 98.7 Å². The molecule has 1 aliphatic carbocycles. The van der Waals surface area contributed by atoms with Gasteiger partial charge in [0.05, 0.1) is 16.5 Å². The Morgan fingerprint density at radius 1 is 1.33 bits per heavy atom. The van der Waals surface area contributed by atoms with Crippen molar-refractivity contribution in [3.8, 4) is 0 Å². The van der Waals surface area contributed by atoms with Crippen LogP contribution in [0.3, 0.4) is 0 Å². The number of carbonyl (C=O) groups excluding carboxylic acids is 2. The largest absolute Gasteiger partial charge is 0.481 e. The summed E-state index contributed by atoms with van der Waals surface area (Å²) in [6.07, 6.45) is 1.61. The summed E-state index contributed by atoms with van der Waals surface area (Å²) in [5.74, 6) is -1.59. The standard InChI is InChI=1S/C16H18ClN3O4/c17-13-4-3-11(20-6-5-18-16(20)24)8-12(13)14(21)19-10-2-1-9(7-10)15(22)23/h3-4,8-10H,1-2,5-7H2,(H,18,24)(H,19,21)(H,22,23)/t9-,10+/m1/s1. The fourth-order valence-electron chi connectivity index (χ4n) is 3.17. The maximum absolute atomic E-state index is 12.5. The van der Waals surface area contributed by atoms with Crippen molar-refractivity contribution in [2.75, 3.05) is 18.0 Å². The Kier molecular flexibility index (Phi) is 4.62. The van der Waals surface area contributed by atoms with E-state index in [1.54, 1.807) is 23.1 Å². The molecule has 2 aliphatic rings. The van der Waals surface area contributed by atoms with Gasteiger partial charge in [-0.25, -0.2) is 4.79 Å². The zero-order valence-electron chi connectivity index (χ0n) is 12.9. The van der Waals surface area contributed by atoms with Crippen molar-refractivity contribution in [1.29, 1.82) is 0 Å². The highest BCUT2D eigenvalue weighted by molar-refractivity contribution is 6.34. The van der Waals surface area contributed by atoms with Gasteiger partial charge in [0.1, 0.15) is 0 Å². The number of nitrogens with zero attached hydrogens (tertiary/aromatic N) is 1. The lowest BCUT2D eigenvalue weighted by molar-refractivity contribution is -0.141. The Hall–Kier alpha value is -2.28. The highest BCUT2D eigenvalue weighted by atomic mass is 35.5. The van der Waals surface area contributed by atoms with Crippen LogP contribution >= 0.6 is 11.6 Å². The van der Waals surface area contributed by atoms with Crippen LogP contribution in [0.25, 0.3) is 0 Å². The van der Waals surface area contributed by atoms with Crippen LogP contribution in [0.5, 0.6) is 0 Å². The second-order valence-corrected chi connectivity index (χ2v) is 6.47. The van der Waals surface area contributed by atoms with E-state index in [0.29, 0.717) is 43.1 Å².